The van der Waals surface area contributed by atoms with Crippen molar-refractivity contribution in [3.63, 3.8) is 0 Å². The van der Waals surface area contributed by atoms with Gasteiger partial charge in [-0.05, 0) is 69.2 Å². The quantitative estimate of drug-likeness (QED) is 0.746. The minimum Gasteiger partial charge on any atom is -0.354 e. The van der Waals surface area contributed by atoms with E-state index in [2.05, 4.69) is 33.0 Å². The Morgan fingerprint density at radius 3 is 2.79 bits per heavy atom. The van der Waals surface area contributed by atoms with Crippen LogP contribution >= 0.6 is 36.2 Å². The number of nitrogens with zero attached hydrogens (tertiary/aromatic N) is 1. The summed E-state index contributed by atoms with van der Waals surface area (Å²) in [5.74, 6) is 0.907. The van der Waals surface area contributed by atoms with E-state index in [1.807, 2.05) is 0 Å². The zero-order valence-corrected chi connectivity index (χ0v) is 16.5. The van der Waals surface area contributed by atoms with Gasteiger partial charge in [0.05, 0.1) is 6.04 Å². The van der Waals surface area contributed by atoms with E-state index in [0.717, 1.165) is 39.1 Å². The fourth-order valence-electron chi connectivity index (χ4n) is 3.54. The maximum Gasteiger partial charge on any atom is 0.220 e. The van der Waals surface area contributed by atoms with Gasteiger partial charge in [0, 0.05) is 17.8 Å². The fourth-order valence-corrected chi connectivity index (χ4v) is 4.40. The zero-order chi connectivity index (χ0) is 15.2. The molecule has 2 fully saturated rings. The Balaban J connectivity index is 0.00000144. The Hall–Kier alpha value is -0.330. The molecule has 2 aliphatic heterocycles. The fraction of sp³-hybridized carbons (Fsp3) is 0.706. The summed E-state index contributed by atoms with van der Waals surface area (Å²) >= 11 is 1.80. The van der Waals surface area contributed by atoms with E-state index in [1.165, 1.54) is 24.1 Å². The van der Waals surface area contributed by atoms with Gasteiger partial charge in [-0.15, -0.1) is 36.2 Å². The number of rotatable bonds is 7. The van der Waals surface area contributed by atoms with Crippen LogP contribution in [-0.2, 0) is 4.79 Å². The molecule has 2 aliphatic rings. The van der Waals surface area contributed by atoms with E-state index in [9.17, 15) is 4.79 Å². The number of likely N-dealkylation sites (tertiary alicyclic amines) is 1. The van der Waals surface area contributed by atoms with E-state index < -0.39 is 0 Å². The second-order valence-electron chi connectivity index (χ2n) is 6.48. The van der Waals surface area contributed by atoms with Crippen molar-refractivity contribution in [3.8, 4) is 0 Å². The van der Waals surface area contributed by atoms with E-state index in [0.29, 0.717) is 18.4 Å². The molecule has 24 heavy (non-hydrogen) atoms. The molecule has 4 nitrogen and oxygen atoms in total. The molecule has 1 aromatic heterocycles. The number of hydrogen-bond donors (Lipinski definition) is 2. The van der Waals surface area contributed by atoms with E-state index in [4.69, 9.17) is 0 Å². The van der Waals surface area contributed by atoms with Gasteiger partial charge >= 0.3 is 0 Å². The maximum atomic E-state index is 12.1. The summed E-state index contributed by atoms with van der Waals surface area (Å²) in [6.45, 7) is 5.27. The Bertz CT molecular complexity index is 460. The van der Waals surface area contributed by atoms with Gasteiger partial charge in [-0.2, -0.15) is 0 Å². The number of carbonyl (C=O) groups is 1. The van der Waals surface area contributed by atoms with Crippen molar-refractivity contribution in [1.82, 2.24) is 15.5 Å². The molecular weight excluding hydrogens is 365 g/mol. The standard InChI is InChI=1S/C17H27N3OS.2ClH/c21-17(6-5-14-7-8-18-12-14)19-13-15(16-4-3-11-22-16)20-9-1-2-10-20;;/h3-4,11,14-15,18H,1-2,5-10,12-13H2,(H,19,21);2*1H. The highest BCUT2D eigenvalue weighted by molar-refractivity contribution is 7.10. The van der Waals surface area contributed by atoms with Crippen LogP contribution in [0.5, 0.6) is 0 Å². The molecule has 0 saturated carbocycles. The molecule has 1 aromatic rings. The molecule has 2 N–H and O–H groups in total. The first-order chi connectivity index (χ1) is 10.8. The first kappa shape index (κ1) is 21.7. The third kappa shape index (κ3) is 6.19. The van der Waals surface area contributed by atoms with E-state index in [1.54, 1.807) is 11.3 Å². The molecule has 0 radical (unpaired) electrons. The van der Waals surface area contributed by atoms with Gasteiger partial charge in [-0.3, -0.25) is 9.69 Å². The smallest absolute Gasteiger partial charge is 0.220 e. The SMILES string of the molecule is Cl.Cl.O=C(CCC1CCNC1)NCC(c1cccs1)N1CCCC1. The topological polar surface area (TPSA) is 44.4 Å². The highest BCUT2D eigenvalue weighted by Crippen LogP contribution is 2.27. The number of carbonyl (C=O) groups excluding carboxylic acids is 1. The summed E-state index contributed by atoms with van der Waals surface area (Å²) in [5.41, 5.74) is 0. The van der Waals surface area contributed by atoms with Crippen LogP contribution in [0.15, 0.2) is 17.5 Å². The van der Waals surface area contributed by atoms with E-state index >= 15 is 0 Å². The molecular formula is C17H29Cl2N3OS. The van der Waals surface area contributed by atoms with Crippen molar-refractivity contribution < 1.29 is 4.79 Å². The van der Waals surface area contributed by atoms with Crippen LogP contribution in [0.2, 0.25) is 0 Å². The molecule has 1 amide bonds. The average Bonchev–Trinajstić information content (AvgIpc) is 3.27. The molecule has 3 rings (SSSR count). The Morgan fingerprint density at radius 1 is 1.38 bits per heavy atom. The van der Waals surface area contributed by atoms with Crippen molar-refractivity contribution in [2.45, 2.75) is 38.1 Å². The number of hydrogen-bond acceptors (Lipinski definition) is 4. The summed E-state index contributed by atoms with van der Waals surface area (Å²) < 4.78 is 0. The first-order valence-electron chi connectivity index (χ1n) is 8.58. The molecule has 0 aliphatic carbocycles. The van der Waals surface area contributed by atoms with Crippen LogP contribution in [-0.4, -0.2) is 43.5 Å². The number of amides is 1. The van der Waals surface area contributed by atoms with E-state index in [-0.39, 0.29) is 30.7 Å². The summed E-state index contributed by atoms with van der Waals surface area (Å²) in [6, 6.07) is 4.67. The van der Waals surface area contributed by atoms with Crippen molar-refractivity contribution >= 4 is 42.1 Å². The third-order valence-corrected chi connectivity index (χ3v) is 5.86. The molecule has 7 heteroatoms. The van der Waals surface area contributed by atoms with Crippen molar-refractivity contribution in [3.05, 3.63) is 22.4 Å². The molecule has 0 spiro atoms. The van der Waals surface area contributed by atoms with Gasteiger partial charge in [0.15, 0.2) is 0 Å². The van der Waals surface area contributed by atoms with Crippen LogP contribution in [0.3, 0.4) is 0 Å². The van der Waals surface area contributed by atoms with Crippen molar-refractivity contribution in [2.24, 2.45) is 5.92 Å². The molecule has 0 aromatic carbocycles. The van der Waals surface area contributed by atoms with Gasteiger partial charge in [0.2, 0.25) is 5.91 Å². The van der Waals surface area contributed by atoms with Crippen LogP contribution in [0, 0.1) is 5.92 Å². The van der Waals surface area contributed by atoms with Gasteiger partial charge in [0.1, 0.15) is 0 Å². The number of halogens is 2. The predicted octanol–water partition coefficient (Wildman–Crippen LogP) is 3.23. The van der Waals surface area contributed by atoms with Crippen LogP contribution in [0.25, 0.3) is 0 Å². The lowest BCUT2D eigenvalue weighted by Crippen LogP contribution is -2.36. The molecule has 2 atom stereocenters. The Kier molecular flexibility index (Phi) is 10.2. The second kappa shape index (κ2) is 11.3. The lowest BCUT2D eigenvalue weighted by molar-refractivity contribution is -0.121. The average molecular weight is 394 g/mol. The monoisotopic (exact) mass is 393 g/mol. The summed E-state index contributed by atoms with van der Waals surface area (Å²) in [6.07, 6.45) is 5.48. The molecule has 2 unspecified atom stereocenters. The summed E-state index contributed by atoms with van der Waals surface area (Å²) in [4.78, 5) is 16.0. The third-order valence-electron chi connectivity index (χ3n) is 4.89. The van der Waals surface area contributed by atoms with Crippen LogP contribution < -0.4 is 10.6 Å². The van der Waals surface area contributed by atoms with Crippen LogP contribution in [0.4, 0.5) is 0 Å². The van der Waals surface area contributed by atoms with Gasteiger partial charge < -0.3 is 10.6 Å². The first-order valence-corrected chi connectivity index (χ1v) is 9.46. The zero-order valence-electron chi connectivity index (χ0n) is 14.0. The Labute approximate surface area is 161 Å². The highest BCUT2D eigenvalue weighted by atomic mass is 35.5. The minimum absolute atomic E-state index is 0. The molecule has 0 bridgehead atoms. The van der Waals surface area contributed by atoms with Crippen molar-refractivity contribution in [2.75, 3.05) is 32.7 Å². The highest BCUT2D eigenvalue weighted by Gasteiger charge is 2.24. The summed E-state index contributed by atoms with van der Waals surface area (Å²) in [7, 11) is 0. The molecule has 3 heterocycles. The normalized spacial score (nSPS) is 21.8. The van der Waals surface area contributed by atoms with Gasteiger partial charge in [-0.25, -0.2) is 0 Å². The van der Waals surface area contributed by atoms with Gasteiger partial charge in [-0.1, -0.05) is 6.07 Å². The maximum absolute atomic E-state index is 12.1. The molecule has 138 valence electrons. The Morgan fingerprint density at radius 2 is 2.17 bits per heavy atom. The molecule has 2 saturated heterocycles. The predicted molar refractivity (Wildman–Crippen MR) is 106 cm³/mol. The summed E-state index contributed by atoms with van der Waals surface area (Å²) in [5, 5.41) is 8.67. The lowest BCUT2D eigenvalue weighted by atomic mass is 10.0. The number of nitrogens with one attached hydrogen (secondary N) is 2. The van der Waals surface area contributed by atoms with Gasteiger partial charge in [0.25, 0.3) is 0 Å². The lowest BCUT2D eigenvalue weighted by Gasteiger charge is -2.27. The second-order valence-corrected chi connectivity index (χ2v) is 7.46. The number of thiophene rings is 1. The minimum atomic E-state index is 0. The van der Waals surface area contributed by atoms with Crippen LogP contribution in [0.1, 0.15) is 43.0 Å². The largest absolute Gasteiger partial charge is 0.354 e. The van der Waals surface area contributed by atoms with Crippen molar-refractivity contribution in [1.29, 1.82) is 0 Å².